The van der Waals surface area contributed by atoms with Gasteiger partial charge < -0.3 is 10.1 Å². The van der Waals surface area contributed by atoms with Gasteiger partial charge in [0, 0.05) is 6.54 Å². The van der Waals surface area contributed by atoms with Crippen LogP contribution in [-0.2, 0) is 4.79 Å². The maximum Gasteiger partial charge on any atom is 0.257 e. The van der Waals surface area contributed by atoms with Gasteiger partial charge in [-0.15, -0.1) is 0 Å². The number of amides is 1. The van der Waals surface area contributed by atoms with E-state index in [0.29, 0.717) is 12.5 Å². The van der Waals surface area contributed by atoms with Crippen LogP contribution in [0.15, 0.2) is 24.3 Å². The third-order valence-electron chi connectivity index (χ3n) is 2.29. The maximum absolute atomic E-state index is 11.2. The molecule has 1 N–H and O–H groups in total. The van der Waals surface area contributed by atoms with E-state index in [2.05, 4.69) is 19.2 Å². The highest BCUT2D eigenvalue weighted by molar-refractivity contribution is 5.77. The second-order valence-electron chi connectivity index (χ2n) is 3.97. The summed E-state index contributed by atoms with van der Waals surface area (Å²) in [5.74, 6) is 1.16. The van der Waals surface area contributed by atoms with Crippen LogP contribution in [-0.4, -0.2) is 19.1 Å². The van der Waals surface area contributed by atoms with E-state index >= 15 is 0 Å². The van der Waals surface area contributed by atoms with Crippen molar-refractivity contribution in [3.63, 3.8) is 0 Å². The predicted octanol–water partition coefficient (Wildman–Crippen LogP) is 2.32. The molecule has 0 saturated carbocycles. The average Bonchev–Trinajstić information content (AvgIpc) is 2.27. The summed E-state index contributed by atoms with van der Waals surface area (Å²) in [5.41, 5.74) is 1.27. The summed E-state index contributed by atoms with van der Waals surface area (Å²) in [4.78, 5) is 11.2. The molecule has 0 saturated heterocycles. The van der Waals surface area contributed by atoms with Crippen molar-refractivity contribution in [2.45, 2.75) is 26.7 Å². The van der Waals surface area contributed by atoms with Gasteiger partial charge in [-0.2, -0.15) is 0 Å². The summed E-state index contributed by atoms with van der Waals surface area (Å²) in [6.07, 6.45) is 0. The third kappa shape index (κ3) is 3.93. The molecule has 16 heavy (non-hydrogen) atoms. The van der Waals surface area contributed by atoms with E-state index < -0.39 is 0 Å². The van der Waals surface area contributed by atoms with E-state index in [4.69, 9.17) is 4.74 Å². The molecule has 1 aromatic carbocycles. The van der Waals surface area contributed by atoms with Gasteiger partial charge in [-0.1, -0.05) is 26.0 Å². The molecule has 0 atom stereocenters. The first-order valence-electron chi connectivity index (χ1n) is 5.63. The molecular formula is C13H19NO2. The molecule has 0 aliphatic heterocycles. The van der Waals surface area contributed by atoms with Crippen LogP contribution in [0.2, 0.25) is 0 Å². The molecule has 0 heterocycles. The van der Waals surface area contributed by atoms with Gasteiger partial charge in [-0.3, -0.25) is 4.79 Å². The van der Waals surface area contributed by atoms with Gasteiger partial charge in [-0.25, -0.2) is 0 Å². The first-order valence-corrected chi connectivity index (χ1v) is 5.63. The van der Waals surface area contributed by atoms with E-state index in [1.807, 2.05) is 31.2 Å². The van der Waals surface area contributed by atoms with Crippen molar-refractivity contribution in [2.75, 3.05) is 13.2 Å². The van der Waals surface area contributed by atoms with Crippen LogP contribution in [0.5, 0.6) is 5.75 Å². The molecule has 1 rings (SSSR count). The standard InChI is InChI=1S/C13H19NO2/c1-4-14-13(15)9-16-12-7-5-11(6-8-12)10(2)3/h5-8,10H,4,9H2,1-3H3,(H,14,15). The van der Waals surface area contributed by atoms with Gasteiger partial charge >= 0.3 is 0 Å². The summed E-state index contributed by atoms with van der Waals surface area (Å²) < 4.78 is 5.34. The molecule has 0 spiro atoms. The fourth-order valence-corrected chi connectivity index (χ4v) is 1.35. The number of hydrogen-bond acceptors (Lipinski definition) is 2. The van der Waals surface area contributed by atoms with Gasteiger partial charge in [0.15, 0.2) is 6.61 Å². The number of carbonyl (C=O) groups excluding carboxylic acids is 1. The largest absolute Gasteiger partial charge is 0.484 e. The fraction of sp³-hybridized carbons (Fsp3) is 0.462. The smallest absolute Gasteiger partial charge is 0.257 e. The van der Waals surface area contributed by atoms with Crippen LogP contribution < -0.4 is 10.1 Å². The Balaban J connectivity index is 2.46. The molecule has 1 aromatic rings. The zero-order valence-corrected chi connectivity index (χ0v) is 10.1. The molecule has 3 nitrogen and oxygen atoms in total. The summed E-state index contributed by atoms with van der Waals surface area (Å²) >= 11 is 0. The van der Waals surface area contributed by atoms with Crippen LogP contribution in [0.3, 0.4) is 0 Å². The van der Waals surface area contributed by atoms with Crippen LogP contribution in [0.25, 0.3) is 0 Å². The molecule has 0 radical (unpaired) electrons. The molecule has 0 unspecified atom stereocenters. The molecule has 0 aliphatic carbocycles. The Morgan fingerprint density at radius 1 is 1.31 bits per heavy atom. The lowest BCUT2D eigenvalue weighted by Gasteiger charge is -2.08. The van der Waals surface area contributed by atoms with E-state index in [9.17, 15) is 4.79 Å². The first kappa shape index (κ1) is 12.6. The second-order valence-corrected chi connectivity index (χ2v) is 3.97. The SMILES string of the molecule is CCNC(=O)COc1ccc(C(C)C)cc1. The minimum Gasteiger partial charge on any atom is -0.484 e. The van der Waals surface area contributed by atoms with Crippen LogP contribution in [0.1, 0.15) is 32.3 Å². The van der Waals surface area contributed by atoms with E-state index in [1.54, 1.807) is 0 Å². The molecule has 3 heteroatoms. The molecule has 0 fully saturated rings. The number of nitrogens with one attached hydrogen (secondary N) is 1. The van der Waals surface area contributed by atoms with Crippen molar-refractivity contribution in [2.24, 2.45) is 0 Å². The van der Waals surface area contributed by atoms with Crippen molar-refractivity contribution in [1.29, 1.82) is 0 Å². The summed E-state index contributed by atoms with van der Waals surface area (Å²) in [6, 6.07) is 7.85. The first-order chi connectivity index (χ1) is 7.63. The Kier molecular flexibility index (Phi) is 4.83. The molecule has 88 valence electrons. The zero-order chi connectivity index (χ0) is 12.0. The highest BCUT2D eigenvalue weighted by Crippen LogP contribution is 2.18. The normalized spacial score (nSPS) is 10.2. The average molecular weight is 221 g/mol. The molecular weight excluding hydrogens is 202 g/mol. The Hall–Kier alpha value is -1.51. The van der Waals surface area contributed by atoms with Crippen LogP contribution in [0, 0.1) is 0 Å². The molecule has 0 aromatic heterocycles. The minimum atomic E-state index is -0.0876. The zero-order valence-electron chi connectivity index (χ0n) is 10.1. The van der Waals surface area contributed by atoms with Gasteiger partial charge in [0.25, 0.3) is 5.91 Å². The summed E-state index contributed by atoms with van der Waals surface area (Å²) in [5, 5.41) is 2.68. The van der Waals surface area contributed by atoms with Gasteiger partial charge in [0.1, 0.15) is 5.75 Å². The van der Waals surface area contributed by atoms with Crippen molar-refractivity contribution in [3.05, 3.63) is 29.8 Å². The van der Waals surface area contributed by atoms with Gasteiger partial charge in [0.2, 0.25) is 0 Å². The van der Waals surface area contributed by atoms with Crippen LogP contribution >= 0.6 is 0 Å². The van der Waals surface area contributed by atoms with Crippen molar-refractivity contribution < 1.29 is 9.53 Å². The highest BCUT2D eigenvalue weighted by Gasteiger charge is 2.02. The number of hydrogen-bond donors (Lipinski definition) is 1. The lowest BCUT2D eigenvalue weighted by Crippen LogP contribution is -2.28. The van der Waals surface area contributed by atoms with E-state index in [1.165, 1.54) is 5.56 Å². The topological polar surface area (TPSA) is 38.3 Å². The van der Waals surface area contributed by atoms with Crippen LogP contribution in [0.4, 0.5) is 0 Å². The second kappa shape index (κ2) is 6.16. The Morgan fingerprint density at radius 3 is 2.44 bits per heavy atom. The summed E-state index contributed by atoms with van der Waals surface area (Å²) in [6.45, 7) is 6.88. The van der Waals surface area contributed by atoms with Crippen molar-refractivity contribution >= 4 is 5.91 Å². The molecule has 1 amide bonds. The quantitative estimate of drug-likeness (QED) is 0.828. The molecule has 0 aliphatic rings. The number of rotatable bonds is 5. The number of ether oxygens (including phenoxy) is 1. The van der Waals surface area contributed by atoms with E-state index in [0.717, 1.165) is 5.75 Å². The lowest BCUT2D eigenvalue weighted by molar-refractivity contribution is -0.122. The lowest BCUT2D eigenvalue weighted by atomic mass is 10.0. The van der Waals surface area contributed by atoms with Crippen molar-refractivity contribution in [3.8, 4) is 5.75 Å². The Morgan fingerprint density at radius 2 is 1.94 bits per heavy atom. The van der Waals surface area contributed by atoms with Gasteiger partial charge in [0.05, 0.1) is 0 Å². The fourth-order valence-electron chi connectivity index (χ4n) is 1.35. The monoisotopic (exact) mass is 221 g/mol. The highest BCUT2D eigenvalue weighted by atomic mass is 16.5. The Labute approximate surface area is 96.8 Å². The minimum absolute atomic E-state index is 0.0782. The number of benzene rings is 1. The number of likely N-dealkylation sites (N-methyl/N-ethyl adjacent to an activating group) is 1. The predicted molar refractivity (Wildman–Crippen MR) is 64.7 cm³/mol. The summed E-state index contributed by atoms with van der Waals surface area (Å²) in [7, 11) is 0. The third-order valence-corrected chi connectivity index (χ3v) is 2.29. The number of carbonyl (C=O) groups is 1. The van der Waals surface area contributed by atoms with E-state index in [-0.39, 0.29) is 12.5 Å². The Bertz CT molecular complexity index is 330. The van der Waals surface area contributed by atoms with Crippen molar-refractivity contribution in [1.82, 2.24) is 5.32 Å². The van der Waals surface area contributed by atoms with Gasteiger partial charge in [-0.05, 0) is 30.5 Å². The maximum atomic E-state index is 11.2. The molecule has 0 bridgehead atoms.